The zero-order chi connectivity index (χ0) is 29.7. The molecule has 0 spiro atoms. The molecule has 1 aliphatic rings. The average molecular weight is 589 g/mol. The molecule has 3 amide bonds. The van der Waals surface area contributed by atoms with Crippen molar-refractivity contribution in [2.75, 3.05) is 6.54 Å². The molecule has 0 saturated carbocycles. The SMILES string of the molecule is C.NC(=NC(=O)OCc1ccccc1)N(CCC[C@H]1C(=O)NC1C(=O)OCc1ccccc1)C(=O)OCc1ccccc1. The van der Waals surface area contributed by atoms with Gasteiger partial charge in [0, 0.05) is 6.54 Å². The van der Waals surface area contributed by atoms with Crippen LogP contribution in [0.15, 0.2) is 96.0 Å². The predicted molar refractivity (Wildman–Crippen MR) is 159 cm³/mol. The third kappa shape index (κ3) is 9.70. The van der Waals surface area contributed by atoms with E-state index in [0.717, 1.165) is 21.6 Å². The number of guanidine groups is 1. The highest BCUT2D eigenvalue weighted by Crippen LogP contribution is 2.23. The average Bonchev–Trinajstić information content (AvgIpc) is 3.01. The Morgan fingerprint density at radius 3 is 1.77 bits per heavy atom. The third-order valence-electron chi connectivity index (χ3n) is 6.52. The van der Waals surface area contributed by atoms with Crippen LogP contribution in [-0.4, -0.2) is 47.5 Å². The molecule has 1 unspecified atom stereocenters. The molecule has 0 bridgehead atoms. The van der Waals surface area contributed by atoms with Crippen LogP contribution >= 0.6 is 0 Å². The molecule has 0 radical (unpaired) electrons. The Kier molecular flexibility index (Phi) is 12.3. The molecule has 43 heavy (non-hydrogen) atoms. The molecule has 1 heterocycles. The predicted octanol–water partition coefficient (Wildman–Crippen LogP) is 4.55. The van der Waals surface area contributed by atoms with Crippen LogP contribution in [0.5, 0.6) is 0 Å². The molecule has 3 aromatic carbocycles. The van der Waals surface area contributed by atoms with E-state index in [2.05, 4.69) is 10.3 Å². The first-order chi connectivity index (χ1) is 20.4. The standard InChI is InChI=1S/C31H32N4O7.CH4/c32-29(34-30(38)41-20-23-13-6-2-7-14-23)35(31(39)42-21-24-15-8-3-9-16-24)18-10-17-25-26(33-27(25)36)28(37)40-19-22-11-4-1-5-12-22;/h1-9,11-16,25-26H,10,17-21H2,(H,33,36)(H2,32,34,38);1H4/t25-,26?;/m1./s1. The maximum Gasteiger partial charge on any atom is 0.437 e. The summed E-state index contributed by atoms with van der Waals surface area (Å²) in [6.07, 6.45) is -1.29. The molecule has 1 aliphatic heterocycles. The molecule has 4 rings (SSSR count). The largest absolute Gasteiger partial charge is 0.459 e. The minimum absolute atomic E-state index is 0. The molecule has 2 atom stereocenters. The number of nitrogens with two attached hydrogens (primary N) is 1. The molecule has 3 aromatic rings. The van der Waals surface area contributed by atoms with E-state index in [-0.39, 0.29) is 52.5 Å². The van der Waals surface area contributed by atoms with E-state index in [4.69, 9.17) is 19.9 Å². The lowest BCUT2D eigenvalue weighted by atomic mass is 9.86. The van der Waals surface area contributed by atoms with Gasteiger partial charge in [0.05, 0.1) is 5.92 Å². The number of amides is 3. The summed E-state index contributed by atoms with van der Waals surface area (Å²) in [7, 11) is 0. The molecule has 0 aliphatic carbocycles. The molecule has 3 N–H and O–H groups in total. The van der Waals surface area contributed by atoms with Crippen molar-refractivity contribution in [2.24, 2.45) is 16.6 Å². The topological polar surface area (TPSA) is 150 Å². The number of nitrogens with one attached hydrogen (secondary N) is 1. The lowest BCUT2D eigenvalue weighted by molar-refractivity contribution is -0.159. The van der Waals surface area contributed by atoms with Crippen molar-refractivity contribution in [3.8, 4) is 0 Å². The van der Waals surface area contributed by atoms with Crippen LogP contribution in [0.2, 0.25) is 0 Å². The Balaban J connectivity index is 0.00000506. The van der Waals surface area contributed by atoms with Crippen LogP contribution in [0.4, 0.5) is 9.59 Å². The van der Waals surface area contributed by atoms with E-state index < -0.39 is 36.1 Å². The van der Waals surface area contributed by atoms with Crippen molar-refractivity contribution in [1.29, 1.82) is 0 Å². The number of carbonyl (C=O) groups excluding carboxylic acids is 4. The number of esters is 1. The van der Waals surface area contributed by atoms with Crippen molar-refractivity contribution < 1.29 is 33.4 Å². The molecule has 11 nitrogen and oxygen atoms in total. The van der Waals surface area contributed by atoms with E-state index >= 15 is 0 Å². The summed E-state index contributed by atoms with van der Waals surface area (Å²) in [5, 5.41) is 2.58. The van der Waals surface area contributed by atoms with Gasteiger partial charge in [-0.3, -0.25) is 4.79 Å². The van der Waals surface area contributed by atoms with Crippen LogP contribution in [0, 0.1) is 5.92 Å². The molecule has 1 saturated heterocycles. The summed E-state index contributed by atoms with van der Waals surface area (Å²) in [5.74, 6) is -1.88. The minimum Gasteiger partial charge on any atom is -0.459 e. The van der Waals surface area contributed by atoms with Gasteiger partial charge < -0.3 is 25.3 Å². The molecule has 1 fully saturated rings. The highest BCUT2D eigenvalue weighted by molar-refractivity contribution is 5.98. The highest BCUT2D eigenvalue weighted by atomic mass is 16.6. The van der Waals surface area contributed by atoms with Crippen LogP contribution in [0.25, 0.3) is 0 Å². The summed E-state index contributed by atoms with van der Waals surface area (Å²) >= 11 is 0. The number of ether oxygens (including phenoxy) is 3. The van der Waals surface area contributed by atoms with Gasteiger partial charge in [0.1, 0.15) is 25.9 Å². The second-order valence-electron chi connectivity index (χ2n) is 9.53. The van der Waals surface area contributed by atoms with Gasteiger partial charge >= 0.3 is 18.2 Å². The van der Waals surface area contributed by atoms with Gasteiger partial charge in [0.15, 0.2) is 0 Å². The van der Waals surface area contributed by atoms with E-state index in [0.29, 0.717) is 0 Å². The first-order valence-electron chi connectivity index (χ1n) is 13.4. The smallest absolute Gasteiger partial charge is 0.437 e. The summed E-state index contributed by atoms with van der Waals surface area (Å²) in [4.78, 5) is 54.8. The fourth-order valence-corrected chi connectivity index (χ4v) is 4.23. The number of nitrogens with zero attached hydrogens (tertiary/aromatic N) is 2. The number of benzene rings is 3. The second-order valence-corrected chi connectivity index (χ2v) is 9.53. The monoisotopic (exact) mass is 588 g/mol. The zero-order valence-electron chi connectivity index (χ0n) is 22.9. The van der Waals surface area contributed by atoms with Gasteiger partial charge in [-0.25, -0.2) is 19.3 Å². The number of rotatable bonds is 11. The van der Waals surface area contributed by atoms with Gasteiger partial charge in [0.25, 0.3) is 0 Å². The van der Waals surface area contributed by atoms with Gasteiger partial charge in [-0.15, -0.1) is 4.99 Å². The number of β-lactam (4-membered cyclic amide) rings is 1. The first-order valence-corrected chi connectivity index (χ1v) is 13.4. The Bertz CT molecular complexity index is 1380. The summed E-state index contributed by atoms with van der Waals surface area (Å²) in [6, 6.07) is 26.5. The number of aliphatic imine (C=N–C) groups is 1. The van der Waals surface area contributed by atoms with Crippen molar-refractivity contribution in [1.82, 2.24) is 10.2 Å². The molecule has 0 aromatic heterocycles. The van der Waals surface area contributed by atoms with Gasteiger partial charge in [-0.05, 0) is 29.5 Å². The Labute approximate surface area is 250 Å². The molecule has 226 valence electrons. The van der Waals surface area contributed by atoms with Gasteiger partial charge in [0.2, 0.25) is 11.9 Å². The van der Waals surface area contributed by atoms with Crippen LogP contribution < -0.4 is 11.1 Å². The lowest BCUT2D eigenvalue weighted by Gasteiger charge is -2.35. The number of hydrogen-bond donors (Lipinski definition) is 2. The minimum atomic E-state index is -0.975. The van der Waals surface area contributed by atoms with E-state index in [9.17, 15) is 19.2 Å². The normalized spacial score (nSPS) is 15.6. The van der Waals surface area contributed by atoms with Crippen LogP contribution in [0.3, 0.4) is 0 Å². The Hall–Kier alpha value is -5.19. The quantitative estimate of drug-likeness (QED) is 0.109. The number of carbonyl (C=O) groups is 4. The van der Waals surface area contributed by atoms with Crippen molar-refractivity contribution in [3.05, 3.63) is 108 Å². The molecule has 11 heteroatoms. The summed E-state index contributed by atoms with van der Waals surface area (Å²) in [6.45, 7) is 0.0212. The Morgan fingerprint density at radius 2 is 1.26 bits per heavy atom. The second kappa shape index (κ2) is 16.3. The fraction of sp³-hybridized carbons (Fsp3) is 0.281. The number of hydrogen-bond acceptors (Lipinski definition) is 7. The third-order valence-corrected chi connectivity index (χ3v) is 6.52. The maximum atomic E-state index is 13.0. The Morgan fingerprint density at radius 1 is 0.767 bits per heavy atom. The molecular formula is C32H36N4O7. The van der Waals surface area contributed by atoms with Crippen LogP contribution in [0.1, 0.15) is 37.0 Å². The van der Waals surface area contributed by atoms with Crippen LogP contribution in [-0.2, 0) is 43.6 Å². The van der Waals surface area contributed by atoms with Crippen molar-refractivity contribution in [3.63, 3.8) is 0 Å². The maximum absolute atomic E-state index is 13.0. The van der Waals surface area contributed by atoms with Crippen molar-refractivity contribution in [2.45, 2.75) is 46.1 Å². The van der Waals surface area contributed by atoms with Crippen molar-refractivity contribution >= 4 is 30.0 Å². The van der Waals surface area contributed by atoms with E-state index in [1.165, 1.54) is 0 Å². The molecular weight excluding hydrogens is 552 g/mol. The summed E-state index contributed by atoms with van der Waals surface area (Å²) < 4.78 is 15.9. The summed E-state index contributed by atoms with van der Waals surface area (Å²) in [5.41, 5.74) is 8.38. The van der Waals surface area contributed by atoms with E-state index in [1.807, 2.05) is 54.6 Å². The fourth-order valence-electron chi connectivity index (χ4n) is 4.23. The lowest BCUT2D eigenvalue weighted by Crippen LogP contribution is -2.62. The van der Waals surface area contributed by atoms with E-state index in [1.54, 1.807) is 36.4 Å². The van der Waals surface area contributed by atoms with Gasteiger partial charge in [-0.1, -0.05) is 98.4 Å². The van der Waals surface area contributed by atoms with Gasteiger partial charge in [-0.2, -0.15) is 0 Å². The first kappa shape index (κ1) is 32.3. The highest BCUT2D eigenvalue weighted by Gasteiger charge is 2.44. The zero-order valence-corrected chi connectivity index (χ0v) is 22.9.